The molecule has 1 heterocycles. The fourth-order valence-corrected chi connectivity index (χ4v) is 3.65. The van der Waals surface area contributed by atoms with Crippen LogP contribution in [0.25, 0.3) is 0 Å². The fraction of sp³-hybridized carbons (Fsp3) is 0.611. The van der Waals surface area contributed by atoms with Crippen LogP contribution >= 0.6 is 0 Å². The zero-order chi connectivity index (χ0) is 14.7. The summed E-state index contributed by atoms with van der Waals surface area (Å²) in [5, 5.41) is 6.56. The van der Waals surface area contributed by atoms with E-state index in [9.17, 15) is 4.79 Å². The highest BCUT2D eigenvalue weighted by Gasteiger charge is 2.29. The monoisotopic (exact) mass is 286 g/mol. The van der Waals surface area contributed by atoms with Crippen molar-refractivity contribution >= 4 is 5.91 Å². The van der Waals surface area contributed by atoms with Gasteiger partial charge in [-0.05, 0) is 35.8 Å². The molecular formula is C18H26N2O. The van der Waals surface area contributed by atoms with Crippen LogP contribution in [0.15, 0.2) is 24.3 Å². The first kappa shape index (κ1) is 14.6. The summed E-state index contributed by atoms with van der Waals surface area (Å²) in [6, 6.07) is 8.32. The summed E-state index contributed by atoms with van der Waals surface area (Å²) in [5.74, 6) is 0.163. The maximum absolute atomic E-state index is 12.4. The molecule has 2 aliphatic rings. The van der Waals surface area contributed by atoms with Gasteiger partial charge in [0, 0.05) is 13.1 Å². The van der Waals surface area contributed by atoms with Gasteiger partial charge in [-0.15, -0.1) is 0 Å². The minimum Gasteiger partial charge on any atom is -0.354 e. The van der Waals surface area contributed by atoms with Crippen molar-refractivity contribution in [3.8, 4) is 0 Å². The Morgan fingerprint density at radius 1 is 1.24 bits per heavy atom. The van der Waals surface area contributed by atoms with Gasteiger partial charge in [0.1, 0.15) is 0 Å². The number of nitrogens with one attached hydrogen (secondary N) is 2. The minimum absolute atomic E-state index is 0.0768. The first-order valence-electron chi connectivity index (χ1n) is 8.24. The molecule has 1 aromatic carbocycles. The van der Waals surface area contributed by atoms with Gasteiger partial charge in [-0.1, -0.05) is 50.5 Å². The molecule has 1 fully saturated rings. The van der Waals surface area contributed by atoms with E-state index < -0.39 is 0 Å². The predicted octanol–water partition coefficient (Wildman–Crippen LogP) is 2.79. The standard InChI is InChI=1S/C18H26N2O/c1-18(9-5-2-6-10-18)13-20-17(21)16-11-14-7-3-4-8-15(14)12-19-16/h3-4,7-8,16,19H,2,5-6,9-13H2,1H3,(H,20,21)/t16-/m1/s1. The smallest absolute Gasteiger partial charge is 0.237 e. The van der Waals surface area contributed by atoms with Crippen LogP contribution in [0.4, 0.5) is 0 Å². The molecule has 1 aliphatic carbocycles. The van der Waals surface area contributed by atoms with Gasteiger partial charge in [-0.2, -0.15) is 0 Å². The van der Waals surface area contributed by atoms with Gasteiger partial charge in [0.05, 0.1) is 6.04 Å². The summed E-state index contributed by atoms with van der Waals surface area (Å²) >= 11 is 0. The van der Waals surface area contributed by atoms with Crippen molar-refractivity contribution in [2.45, 2.75) is 58.0 Å². The lowest BCUT2D eigenvalue weighted by atomic mass is 9.75. The molecular weight excluding hydrogens is 260 g/mol. The van der Waals surface area contributed by atoms with Crippen molar-refractivity contribution in [2.24, 2.45) is 5.41 Å². The maximum Gasteiger partial charge on any atom is 0.237 e. The van der Waals surface area contributed by atoms with Crippen molar-refractivity contribution in [1.29, 1.82) is 0 Å². The number of carbonyl (C=O) groups excluding carboxylic acids is 1. The van der Waals surface area contributed by atoms with E-state index in [0.717, 1.165) is 19.5 Å². The van der Waals surface area contributed by atoms with Crippen LogP contribution in [0, 0.1) is 5.41 Å². The molecule has 1 atom stereocenters. The summed E-state index contributed by atoms with van der Waals surface area (Å²) in [5.41, 5.74) is 2.93. The molecule has 2 N–H and O–H groups in total. The molecule has 3 nitrogen and oxygen atoms in total. The topological polar surface area (TPSA) is 41.1 Å². The molecule has 0 unspecified atom stereocenters. The van der Waals surface area contributed by atoms with Gasteiger partial charge in [-0.3, -0.25) is 4.79 Å². The molecule has 0 spiro atoms. The highest BCUT2D eigenvalue weighted by molar-refractivity contribution is 5.82. The molecule has 0 saturated heterocycles. The third-order valence-electron chi connectivity index (χ3n) is 5.15. The van der Waals surface area contributed by atoms with Crippen LogP contribution in [0.2, 0.25) is 0 Å². The first-order chi connectivity index (χ1) is 10.2. The van der Waals surface area contributed by atoms with E-state index in [-0.39, 0.29) is 11.9 Å². The van der Waals surface area contributed by atoms with Crippen LogP contribution < -0.4 is 10.6 Å². The molecule has 114 valence electrons. The normalized spacial score (nSPS) is 24.1. The molecule has 0 radical (unpaired) electrons. The summed E-state index contributed by atoms with van der Waals surface area (Å²) in [7, 11) is 0. The molecule has 1 aromatic rings. The molecule has 1 saturated carbocycles. The lowest BCUT2D eigenvalue weighted by Crippen LogP contribution is -2.50. The first-order valence-corrected chi connectivity index (χ1v) is 8.24. The summed E-state index contributed by atoms with van der Waals surface area (Å²) in [4.78, 5) is 12.4. The highest BCUT2D eigenvalue weighted by Crippen LogP contribution is 2.34. The molecule has 3 rings (SSSR count). The van der Waals surface area contributed by atoms with E-state index in [4.69, 9.17) is 0 Å². The molecule has 21 heavy (non-hydrogen) atoms. The minimum atomic E-state index is -0.0768. The van der Waals surface area contributed by atoms with Gasteiger partial charge in [0.15, 0.2) is 0 Å². The second-order valence-corrected chi connectivity index (χ2v) is 7.00. The van der Waals surface area contributed by atoms with Crippen LogP contribution in [-0.2, 0) is 17.8 Å². The zero-order valence-corrected chi connectivity index (χ0v) is 13.0. The van der Waals surface area contributed by atoms with Crippen LogP contribution in [0.1, 0.15) is 50.2 Å². The van der Waals surface area contributed by atoms with E-state index in [1.54, 1.807) is 0 Å². The van der Waals surface area contributed by atoms with Crippen LogP contribution in [0.5, 0.6) is 0 Å². The Morgan fingerprint density at radius 3 is 2.71 bits per heavy atom. The van der Waals surface area contributed by atoms with Gasteiger partial charge < -0.3 is 10.6 Å². The number of benzene rings is 1. The summed E-state index contributed by atoms with van der Waals surface area (Å²) in [6.07, 6.45) is 7.26. The van der Waals surface area contributed by atoms with Crippen LogP contribution in [-0.4, -0.2) is 18.5 Å². The number of hydrogen-bond donors (Lipinski definition) is 2. The lowest BCUT2D eigenvalue weighted by Gasteiger charge is -2.34. The predicted molar refractivity (Wildman–Crippen MR) is 85.0 cm³/mol. The highest BCUT2D eigenvalue weighted by atomic mass is 16.2. The average Bonchev–Trinajstić information content (AvgIpc) is 2.53. The van der Waals surface area contributed by atoms with E-state index in [0.29, 0.717) is 5.41 Å². The second kappa shape index (κ2) is 6.18. The van der Waals surface area contributed by atoms with Crippen molar-refractivity contribution in [2.75, 3.05) is 6.54 Å². The Bertz CT molecular complexity index is 506. The average molecular weight is 286 g/mol. The van der Waals surface area contributed by atoms with Crippen molar-refractivity contribution in [3.05, 3.63) is 35.4 Å². The van der Waals surface area contributed by atoms with E-state index in [1.165, 1.54) is 43.2 Å². The largest absolute Gasteiger partial charge is 0.354 e. The number of fused-ring (bicyclic) bond motifs is 1. The van der Waals surface area contributed by atoms with Crippen LogP contribution in [0.3, 0.4) is 0 Å². The third kappa shape index (κ3) is 3.46. The summed E-state index contributed by atoms with van der Waals surface area (Å²) < 4.78 is 0. The molecule has 1 amide bonds. The Hall–Kier alpha value is -1.35. The van der Waals surface area contributed by atoms with Gasteiger partial charge >= 0.3 is 0 Å². The molecule has 0 bridgehead atoms. The van der Waals surface area contributed by atoms with Crippen molar-refractivity contribution < 1.29 is 4.79 Å². The molecule has 0 aromatic heterocycles. The number of amides is 1. The second-order valence-electron chi connectivity index (χ2n) is 7.00. The van der Waals surface area contributed by atoms with E-state index in [1.807, 2.05) is 0 Å². The van der Waals surface area contributed by atoms with Crippen molar-refractivity contribution in [3.63, 3.8) is 0 Å². The SMILES string of the molecule is CC1(CNC(=O)[C@H]2Cc3ccccc3CN2)CCCCC1. The van der Waals surface area contributed by atoms with Gasteiger partial charge in [0.2, 0.25) is 5.91 Å². The summed E-state index contributed by atoms with van der Waals surface area (Å²) in [6.45, 7) is 3.94. The Labute approximate surface area is 127 Å². The third-order valence-corrected chi connectivity index (χ3v) is 5.15. The van der Waals surface area contributed by atoms with Gasteiger partial charge in [0.25, 0.3) is 0 Å². The van der Waals surface area contributed by atoms with Crippen molar-refractivity contribution in [1.82, 2.24) is 10.6 Å². The number of hydrogen-bond acceptors (Lipinski definition) is 2. The number of carbonyl (C=O) groups is 1. The van der Waals surface area contributed by atoms with Gasteiger partial charge in [-0.25, -0.2) is 0 Å². The fourth-order valence-electron chi connectivity index (χ4n) is 3.65. The molecule has 3 heteroatoms. The Kier molecular flexibility index (Phi) is 4.29. The quantitative estimate of drug-likeness (QED) is 0.897. The Morgan fingerprint density at radius 2 is 1.95 bits per heavy atom. The van der Waals surface area contributed by atoms with E-state index in [2.05, 4.69) is 41.8 Å². The lowest BCUT2D eigenvalue weighted by molar-refractivity contribution is -0.123. The zero-order valence-electron chi connectivity index (χ0n) is 13.0. The number of rotatable bonds is 3. The maximum atomic E-state index is 12.4. The molecule has 1 aliphatic heterocycles. The van der Waals surface area contributed by atoms with E-state index >= 15 is 0 Å². The Balaban J connectivity index is 1.55.